The van der Waals surface area contributed by atoms with Gasteiger partial charge in [-0.1, -0.05) is 0 Å². The average molecular weight is 261 g/mol. The molecule has 0 aromatic heterocycles. The highest BCUT2D eigenvalue weighted by Gasteiger charge is 2.23. The smallest absolute Gasteiger partial charge is 0.243 e. The SMILES string of the molecule is CC(=O)c1ccc(NC(=O)C2CNC(=O)CN2)cc1. The molecule has 1 aliphatic heterocycles. The molecule has 1 heterocycles. The summed E-state index contributed by atoms with van der Waals surface area (Å²) in [6.45, 7) is 1.90. The number of hydrogen-bond acceptors (Lipinski definition) is 4. The van der Waals surface area contributed by atoms with E-state index in [0.29, 0.717) is 11.3 Å². The van der Waals surface area contributed by atoms with Crippen LogP contribution in [-0.2, 0) is 9.59 Å². The topological polar surface area (TPSA) is 87.3 Å². The molecule has 19 heavy (non-hydrogen) atoms. The van der Waals surface area contributed by atoms with Crippen LogP contribution in [0.5, 0.6) is 0 Å². The van der Waals surface area contributed by atoms with Gasteiger partial charge in [0.2, 0.25) is 11.8 Å². The number of benzene rings is 1. The Kier molecular flexibility index (Phi) is 3.91. The molecule has 0 saturated carbocycles. The first-order valence-corrected chi connectivity index (χ1v) is 5.98. The molecule has 1 fully saturated rings. The fourth-order valence-corrected chi connectivity index (χ4v) is 1.77. The van der Waals surface area contributed by atoms with E-state index in [0.717, 1.165) is 0 Å². The second kappa shape index (κ2) is 5.62. The van der Waals surface area contributed by atoms with Crippen molar-refractivity contribution in [2.24, 2.45) is 0 Å². The zero-order chi connectivity index (χ0) is 13.8. The summed E-state index contributed by atoms with van der Waals surface area (Å²) in [4.78, 5) is 34.0. The summed E-state index contributed by atoms with van der Waals surface area (Å²) in [6.07, 6.45) is 0. The van der Waals surface area contributed by atoms with Crippen LogP contribution in [0, 0.1) is 0 Å². The molecular weight excluding hydrogens is 246 g/mol. The van der Waals surface area contributed by atoms with E-state index in [-0.39, 0.29) is 30.7 Å². The lowest BCUT2D eigenvalue weighted by Gasteiger charge is -2.23. The third-order valence-electron chi connectivity index (χ3n) is 2.89. The summed E-state index contributed by atoms with van der Waals surface area (Å²) >= 11 is 0. The van der Waals surface area contributed by atoms with Gasteiger partial charge in [-0.2, -0.15) is 0 Å². The normalized spacial score (nSPS) is 18.6. The summed E-state index contributed by atoms with van der Waals surface area (Å²) in [5, 5.41) is 8.18. The summed E-state index contributed by atoms with van der Waals surface area (Å²) in [7, 11) is 0. The molecule has 6 nitrogen and oxygen atoms in total. The minimum Gasteiger partial charge on any atom is -0.353 e. The fourth-order valence-electron chi connectivity index (χ4n) is 1.77. The van der Waals surface area contributed by atoms with E-state index in [1.54, 1.807) is 24.3 Å². The van der Waals surface area contributed by atoms with Crippen LogP contribution >= 0.6 is 0 Å². The van der Waals surface area contributed by atoms with Crippen LogP contribution in [0.3, 0.4) is 0 Å². The number of nitrogens with one attached hydrogen (secondary N) is 3. The molecule has 1 unspecified atom stereocenters. The molecule has 0 radical (unpaired) electrons. The predicted molar refractivity (Wildman–Crippen MR) is 69.9 cm³/mol. The monoisotopic (exact) mass is 261 g/mol. The maximum atomic E-state index is 11.9. The van der Waals surface area contributed by atoms with Crippen molar-refractivity contribution in [3.63, 3.8) is 0 Å². The molecule has 1 saturated heterocycles. The number of carbonyl (C=O) groups excluding carboxylic acids is 3. The number of Topliss-reactive ketones (excluding diaryl/α,β-unsaturated/α-hetero) is 1. The third-order valence-corrected chi connectivity index (χ3v) is 2.89. The molecular formula is C13H15N3O3. The Hall–Kier alpha value is -2.21. The zero-order valence-electron chi connectivity index (χ0n) is 10.5. The minimum atomic E-state index is -0.440. The van der Waals surface area contributed by atoms with Crippen LogP contribution in [0.4, 0.5) is 5.69 Å². The highest BCUT2D eigenvalue weighted by atomic mass is 16.2. The predicted octanol–water partition coefficient (Wildman–Crippen LogP) is -0.0843. The van der Waals surface area contributed by atoms with Gasteiger partial charge in [-0.25, -0.2) is 0 Å². The van der Waals surface area contributed by atoms with Crippen LogP contribution in [0.1, 0.15) is 17.3 Å². The van der Waals surface area contributed by atoms with Crippen LogP contribution in [-0.4, -0.2) is 36.7 Å². The first-order chi connectivity index (χ1) is 9.06. The Morgan fingerprint density at radius 3 is 2.47 bits per heavy atom. The van der Waals surface area contributed by atoms with Gasteiger partial charge < -0.3 is 10.6 Å². The third kappa shape index (κ3) is 3.38. The zero-order valence-corrected chi connectivity index (χ0v) is 10.5. The molecule has 1 atom stereocenters. The molecule has 1 aromatic carbocycles. The average Bonchev–Trinajstić information content (AvgIpc) is 2.40. The number of ketones is 1. The Morgan fingerprint density at radius 1 is 1.26 bits per heavy atom. The maximum Gasteiger partial charge on any atom is 0.243 e. The number of amides is 2. The summed E-state index contributed by atoms with van der Waals surface area (Å²) in [5.41, 5.74) is 1.22. The van der Waals surface area contributed by atoms with Gasteiger partial charge in [0, 0.05) is 17.8 Å². The Labute approximate surface area is 110 Å². The number of carbonyl (C=O) groups is 3. The van der Waals surface area contributed by atoms with Gasteiger partial charge in [0.15, 0.2) is 5.78 Å². The van der Waals surface area contributed by atoms with E-state index in [2.05, 4.69) is 16.0 Å². The van der Waals surface area contributed by atoms with Crippen LogP contribution in [0.15, 0.2) is 24.3 Å². The molecule has 100 valence electrons. The first-order valence-electron chi connectivity index (χ1n) is 5.98. The number of rotatable bonds is 3. The van der Waals surface area contributed by atoms with Crippen LogP contribution < -0.4 is 16.0 Å². The van der Waals surface area contributed by atoms with Gasteiger partial charge in [-0.15, -0.1) is 0 Å². The summed E-state index contributed by atoms with van der Waals surface area (Å²) < 4.78 is 0. The van der Waals surface area contributed by atoms with E-state index >= 15 is 0 Å². The lowest BCUT2D eigenvalue weighted by atomic mass is 10.1. The fraction of sp³-hybridized carbons (Fsp3) is 0.308. The van der Waals surface area contributed by atoms with Crippen molar-refractivity contribution in [3.05, 3.63) is 29.8 Å². The van der Waals surface area contributed by atoms with Gasteiger partial charge in [-0.05, 0) is 31.2 Å². The second-order valence-electron chi connectivity index (χ2n) is 4.36. The molecule has 0 spiro atoms. The molecule has 3 N–H and O–H groups in total. The van der Waals surface area contributed by atoms with Crippen molar-refractivity contribution in [1.82, 2.24) is 10.6 Å². The Balaban J connectivity index is 1.95. The molecule has 2 amide bonds. The van der Waals surface area contributed by atoms with E-state index in [1.165, 1.54) is 6.92 Å². The Morgan fingerprint density at radius 2 is 1.95 bits per heavy atom. The lowest BCUT2D eigenvalue weighted by Crippen LogP contribution is -2.56. The van der Waals surface area contributed by atoms with Crippen molar-refractivity contribution in [2.75, 3.05) is 18.4 Å². The quantitative estimate of drug-likeness (QED) is 0.664. The standard InChI is InChI=1S/C13H15N3O3/c1-8(17)9-2-4-10(5-3-9)16-13(19)11-6-15-12(18)7-14-11/h2-5,11,14H,6-7H2,1H3,(H,15,18)(H,16,19). The number of hydrogen-bond donors (Lipinski definition) is 3. The Bertz CT molecular complexity index is 500. The van der Waals surface area contributed by atoms with Crippen molar-refractivity contribution < 1.29 is 14.4 Å². The van der Waals surface area contributed by atoms with Gasteiger partial charge in [0.05, 0.1) is 6.54 Å². The second-order valence-corrected chi connectivity index (χ2v) is 4.36. The van der Waals surface area contributed by atoms with Crippen molar-refractivity contribution in [3.8, 4) is 0 Å². The summed E-state index contributed by atoms with van der Waals surface area (Å²) in [6, 6.07) is 6.24. The summed E-state index contributed by atoms with van der Waals surface area (Å²) in [5.74, 6) is -0.347. The van der Waals surface area contributed by atoms with E-state index in [1.807, 2.05) is 0 Å². The first kappa shape index (κ1) is 13.2. The number of piperazine rings is 1. The molecule has 2 rings (SSSR count). The van der Waals surface area contributed by atoms with Gasteiger partial charge in [-0.3, -0.25) is 19.7 Å². The van der Waals surface area contributed by atoms with E-state index in [4.69, 9.17) is 0 Å². The molecule has 6 heteroatoms. The molecule has 0 aliphatic carbocycles. The molecule has 0 bridgehead atoms. The van der Waals surface area contributed by atoms with Gasteiger partial charge in [0.25, 0.3) is 0 Å². The molecule has 1 aliphatic rings. The van der Waals surface area contributed by atoms with Gasteiger partial charge >= 0.3 is 0 Å². The van der Waals surface area contributed by atoms with Crippen molar-refractivity contribution in [1.29, 1.82) is 0 Å². The van der Waals surface area contributed by atoms with Crippen LogP contribution in [0.2, 0.25) is 0 Å². The molecule has 1 aromatic rings. The van der Waals surface area contributed by atoms with E-state index in [9.17, 15) is 14.4 Å². The van der Waals surface area contributed by atoms with Crippen LogP contribution in [0.25, 0.3) is 0 Å². The van der Waals surface area contributed by atoms with Gasteiger partial charge in [0.1, 0.15) is 6.04 Å². The largest absolute Gasteiger partial charge is 0.353 e. The lowest BCUT2D eigenvalue weighted by molar-refractivity contribution is -0.124. The van der Waals surface area contributed by atoms with E-state index < -0.39 is 6.04 Å². The minimum absolute atomic E-state index is 0.0189. The highest BCUT2D eigenvalue weighted by molar-refractivity contribution is 5.98. The highest BCUT2D eigenvalue weighted by Crippen LogP contribution is 2.10. The van der Waals surface area contributed by atoms with Crippen molar-refractivity contribution >= 4 is 23.3 Å². The number of anilines is 1. The maximum absolute atomic E-state index is 11.9. The van der Waals surface area contributed by atoms with Crippen molar-refractivity contribution in [2.45, 2.75) is 13.0 Å².